The van der Waals surface area contributed by atoms with Gasteiger partial charge in [-0.15, -0.1) is 0 Å². The summed E-state index contributed by atoms with van der Waals surface area (Å²) in [6.07, 6.45) is 17.3. The zero-order valence-electron chi connectivity index (χ0n) is 13.3. The highest BCUT2D eigenvalue weighted by Gasteiger charge is 2.38. The molecule has 0 aromatic heterocycles. The first-order valence-electron chi connectivity index (χ1n) is 9.27. The molecule has 0 aromatic carbocycles. The fourth-order valence-electron chi connectivity index (χ4n) is 5.26. The normalized spacial score (nSPS) is 35.2. The summed E-state index contributed by atoms with van der Waals surface area (Å²) in [5.74, 6) is 1.01. The van der Waals surface area contributed by atoms with Crippen LogP contribution in [0.4, 0.5) is 0 Å². The summed E-state index contributed by atoms with van der Waals surface area (Å²) in [6.45, 7) is 3.58. The van der Waals surface area contributed by atoms with Crippen molar-refractivity contribution in [3.63, 3.8) is 0 Å². The van der Waals surface area contributed by atoms with Crippen LogP contribution in [0.5, 0.6) is 0 Å². The van der Waals surface area contributed by atoms with Crippen LogP contribution in [0.1, 0.15) is 77.0 Å². The predicted molar refractivity (Wildman–Crippen MR) is 85.7 cm³/mol. The molecule has 3 aliphatic rings. The Morgan fingerprint density at radius 2 is 1.55 bits per heavy atom. The summed E-state index contributed by atoms with van der Waals surface area (Å²) in [7, 11) is 0. The molecular weight excluding hydrogens is 244 g/mol. The third-order valence-corrected chi connectivity index (χ3v) is 6.49. The second-order valence-electron chi connectivity index (χ2n) is 7.84. The van der Waals surface area contributed by atoms with E-state index in [0.29, 0.717) is 5.41 Å². The van der Waals surface area contributed by atoms with Crippen LogP contribution in [0.25, 0.3) is 0 Å². The second kappa shape index (κ2) is 6.79. The first-order valence-corrected chi connectivity index (χ1v) is 9.27. The highest BCUT2D eigenvalue weighted by atomic mass is 15.2. The summed E-state index contributed by atoms with van der Waals surface area (Å²) in [4.78, 5) is 2.88. The van der Waals surface area contributed by atoms with Crippen LogP contribution in [-0.2, 0) is 0 Å². The second-order valence-corrected chi connectivity index (χ2v) is 7.84. The van der Waals surface area contributed by atoms with Gasteiger partial charge in [-0.3, -0.25) is 4.90 Å². The Hall–Kier alpha value is -0.0800. The molecule has 116 valence electrons. The number of piperidine rings is 1. The molecular formula is C18H34N2. The Morgan fingerprint density at radius 1 is 0.850 bits per heavy atom. The van der Waals surface area contributed by atoms with Crippen molar-refractivity contribution in [1.29, 1.82) is 0 Å². The van der Waals surface area contributed by atoms with Crippen LogP contribution < -0.4 is 5.73 Å². The van der Waals surface area contributed by atoms with E-state index < -0.39 is 0 Å². The quantitative estimate of drug-likeness (QED) is 0.792. The SMILES string of the molecule is NCC1(CN2CCC[C@H]3CCCC[C@H]32)CCCCCC1. The molecule has 2 atom stereocenters. The van der Waals surface area contributed by atoms with E-state index in [0.717, 1.165) is 18.5 Å². The van der Waals surface area contributed by atoms with Crippen LogP contribution in [0.2, 0.25) is 0 Å². The number of hydrogen-bond donors (Lipinski definition) is 1. The Balaban J connectivity index is 1.67. The van der Waals surface area contributed by atoms with Crippen LogP contribution in [0, 0.1) is 11.3 Å². The van der Waals surface area contributed by atoms with E-state index in [1.54, 1.807) is 0 Å². The maximum absolute atomic E-state index is 6.27. The molecule has 1 saturated heterocycles. The molecule has 0 aromatic rings. The van der Waals surface area contributed by atoms with Crippen molar-refractivity contribution in [2.45, 2.75) is 83.1 Å². The summed E-state index contributed by atoms with van der Waals surface area (Å²) in [5.41, 5.74) is 6.72. The molecule has 3 rings (SSSR count). The van der Waals surface area contributed by atoms with Crippen LogP contribution in [0.3, 0.4) is 0 Å². The van der Waals surface area contributed by atoms with Gasteiger partial charge in [-0.05, 0) is 62.9 Å². The zero-order valence-corrected chi connectivity index (χ0v) is 13.3. The molecule has 2 saturated carbocycles. The molecule has 20 heavy (non-hydrogen) atoms. The average molecular weight is 278 g/mol. The summed E-state index contributed by atoms with van der Waals surface area (Å²) in [6, 6.07) is 0.907. The molecule has 0 unspecified atom stereocenters. The minimum Gasteiger partial charge on any atom is -0.330 e. The van der Waals surface area contributed by atoms with Crippen molar-refractivity contribution in [2.75, 3.05) is 19.6 Å². The lowest BCUT2D eigenvalue weighted by Crippen LogP contribution is -2.52. The molecule has 0 spiro atoms. The predicted octanol–water partition coefficient (Wildman–Crippen LogP) is 3.94. The van der Waals surface area contributed by atoms with Crippen molar-refractivity contribution in [3.8, 4) is 0 Å². The molecule has 0 amide bonds. The fraction of sp³-hybridized carbons (Fsp3) is 1.00. The van der Waals surface area contributed by atoms with E-state index in [9.17, 15) is 0 Å². The van der Waals surface area contributed by atoms with E-state index in [1.165, 1.54) is 90.1 Å². The van der Waals surface area contributed by atoms with Gasteiger partial charge in [-0.25, -0.2) is 0 Å². The highest BCUT2D eigenvalue weighted by Crippen LogP contribution is 2.40. The number of nitrogens with zero attached hydrogens (tertiary/aromatic N) is 1. The van der Waals surface area contributed by atoms with Crippen LogP contribution in [0.15, 0.2) is 0 Å². The minimum absolute atomic E-state index is 0.454. The van der Waals surface area contributed by atoms with Crippen LogP contribution >= 0.6 is 0 Å². The lowest BCUT2D eigenvalue weighted by atomic mass is 9.75. The first kappa shape index (κ1) is 14.8. The van der Waals surface area contributed by atoms with Crippen molar-refractivity contribution in [3.05, 3.63) is 0 Å². The van der Waals surface area contributed by atoms with Gasteiger partial charge in [-0.2, -0.15) is 0 Å². The van der Waals surface area contributed by atoms with E-state index >= 15 is 0 Å². The average Bonchev–Trinajstić information content (AvgIpc) is 2.74. The number of nitrogens with two attached hydrogens (primary N) is 1. The summed E-state index contributed by atoms with van der Waals surface area (Å²) in [5, 5.41) is 0. The number of hydrogen-bond acceptors (Lipinski definition) is 2. The highest BCUT2D eigenvalue weighted by molar-refractivity contribution is 4.92. The molecule has 0 bridgehead atoms. The summed E-state index contributed by atoms with van der Waals surface area (Å²) >= 11 is 0. The molecule has 1 heterocycles. The Kier molecular flexibility index (Phi) is 5.04. The number of rotatable bonds is 3. The van der Waals surface area contributed by atoms with Crippen molar-refractivity contribution < 1.29 is 0 Å². The number of likely N-dealkylation sites (tertiary alicyclic amines) is 1. The Labute approximate surface area is 125 Å². The van der Waals surface area contributed by atoms with Gasteiger partial charge < -0.3 is 5.73 Å². The van der Waals surface area contributed by atoms with E-state index in [2.05, 4.69) is 4.90 Å². The zero-order chi connectivity index (χ0) is 13.8. The van der Waals surface area contributed by atoms with E-state index in [1.807, 2.05) is 0 Å². The van der Waals surface area contributed by atoms with Crippen LogP contribution in [-0.4, -0.2) is 30.6 Å². The third kappa shape index (κ3) is 3.22. The van der Waals surface area contributed by atoms with Gasteiger partial charge in [-0.1, -0.05) is 38.5 Å². The molecule has 2 N–H and O–H groups in total. The largest absolute Gasteiger partial charge is 0.330 e. The maximum Gasteiger partial charge on any atom is 0.0124 e. The van der Waals surface area contributed by atoms with Crippen molar-refractivity contribution >= 4 is 0 Å². The van der Waals surface area contributed by atoms with Crippen molar-refractivity contribution in [1.82, 2.24) is 4.90 Å². The monoisotopic (exact) mass is 278 g/mol. The smallest absolute Gasteiger partial charge is 0.0124 e. The summed E-state index contributed by atoms with van der Waals surface area (Å²) < 4.78 is 0. The fourth-order valence-corrected chi connectivity index (χ4v) is 5.26. The van der Waals surface area contributed by atoms with Gasteiger partial charge in [0.1, 0.15) is 0 Å². The Morgan fingerprint density at radius 3 is 2.30 bits per heavy atom. The van der Waals surface area contributed by atoms with Gasteiger partial charge in [0, 0.05) is 12.6 Å². The molecule has 2 aliphatic carbocycles. The van der Waals surface area contributed by atoms with E-state index in [-0.39, 0.29) is 0 Å². The van der Waals surface area contributed by atoms with Gasteiger partial charge >= 0.3 is 0 Å². The molecule has 1 aliphatic heterocycles. The standard InChI is InChI=1S/C18H34N2/c19-14-18(11-5-1-2-6-12-18)15-20-13-7-9-16-8-3-4-10-17(16)20/h16-17H,1-15,19H2/t16-,17-/m1/s1. The maximum atomic E-state index is 6.27. The lowest BCUT2D eigenvalue weighted by Gasteiger charge is -2.48. The molecule has 3 fully saturated rings. The van der Waals surface area contributed by atoms with Crippen molar-refractivity contribution in [2.24, 2.45) is 17.1 Å². The van der Waals surface area contributed by atoms with Gasteiger partial charge in [0.25, 0.3) is 0 Å². The third-order valence-electron chi connectivity index (χ3n) is 6.49. The topological polar surface area (TPSA) is 29.3 Å². The molecule has 2 heteroatoms. The van der Waals surface area contributed by atoms with E-state index in [4.69, 9.17) is 5.73 Å². The minimum atomic E-state index is 0.454. The number of fused-ring (bicyclic) bond motifs is 1. The molecule has 0 radical (unpaired) electrons. The molecule has 2 nitrogen and oxygen atoms in total. The lowest BCUT2D eigenvalue weighted by molar-refractivity contribution is 0.0204. The Bertz CT molecular complexity index is 292. The van der Waals surface area contributed by atoms with Gasteiger partial charge in [0.15, 0.2) is 0 Å². The van der Waals surface area contributed by atoms with Gasteiger partial charge in [0.05, 0.1) is 0 Å². The first-order chi connectivity index (χ1) is 9.83. The van der Waals surface area contributed by atoms with Gasteiger partial charge in [0.2, 0.25) is 0 Å².